The van der Waals surface area contributed by atoms with Gasteiger partial charge in [-0.15, -0.1) is 0 Å². The van der Waals surface area contributed by atoms with Crippen molar-refractivity contribution >= 4 is 30.1 Å². The van der Waals surface area contributed by atoms with E-state index in [1.54, 1.807) is 0 Å². The minimum atomic E-state index is -1.99. The van der Waals surface area contributed by atoms with E-state index in [1.165, 1.54) is 0 Å². The number of carboxylic acid groups (broad SMARTS) is 1. The lowest BCUT2D eigenvalue weighted by Gasteiger charge is -2.21. The molecule has 0 saturated carbocycles. The van der Waals surface area contributed by atoms with Crippen LogP contribution in [0.5, 0.6) is 0 Å². The molecule has 9 nitrogen and oxygen atoms in total. The second-order valence-electron chi connectivity index (χ2n) is 3.31. The van der Waals surface area contributed by atoms with E-state index < -0.39 is 42.6 Å². The van der Waals surface area contributed by atoms with Gasteiger partial charge in [0.1, 0.15) is 6.29 Å². The fourth-order valence-electron chi connectivity index (χ4n) is 1.09. The zero-order valence-electron chi connectivity index (χ0n) is 10.2. The molecule has 0 aliphatic heterocycles. The first-order valence-corrected chi connectivity index (χ1v) is 5.08. The fraction of sp³-hybridized carbons (Fsp3) is 0.500. The van der Waals surface area contributed by atoms with Gasteiger partial charge in [0.25, 0.3) is 5.91 Å². The number of carboxylic acids is 1. The molecule has 0 aromatic rings. The summed E-state index contributed by atoms with van der Waals surface area (Å²) in [6.45, 7) is 1.49. The fourth-order valence-corrected chi connectivity index (χ4v) is 1.09. The lowest BCUT2D eigenvalue weighted by Crippen LogP contribution is -2.50. The van der Waals surface area contributed by atoms with Crippen LogP contribution < -0.4 is 5.32 Å². The van der Waals surface area contributed by atoms with E-state index in [9.17, 15) is 24.0 Å². The molecule has 0 bridgehead atoms. The number of hydrogen-bond donors (Lipinski definition) is 2. The number of ether oxygens (including phenoxy) is 2. The van der Waals surface area contributed by atoms with Crippen LogP contribution in [-0.2, 0) is 33.4 Å². The van der Waals surface area contributed by atoms with Crippen LogP contribution in [0.2, 0.25) is 0 Å². The first-order valence-electron chi connectivity index (χ1n) is 5.08. The van der Waals surface area contributed by atoms with E-state index in [0.29, 0.717) is 6.29 Å². The number of carbonyl (C=O) groups excluding carboxylic acids is 4. The third-order valence-electron chi connectivity index (χ3n) is 1.72. The highest BCUT2D eigenvalue weighted by Gasteiger charge is 2.39. The van der Waals surface area contributed by atoms with E-state index in [4.69, 9.17) is 5.11 Å². The summed E-state index contributed by atoms with van der Waals surface area (Å²) < 4.78 is 8.92. The standard InChI is InChI=1S/C10H13NO8/c1-5(13)18-7(9(15)11-3-4-12)8(10(16)17)19-6(2)14/h4,7-8H,3H2,1-2H3,(H,11,15)(H,16,17). The second-order valence-corrected chi connectivity index (χ2v) is 3.31. The van der Waals surface area contributed by atoms with Gasteiger partial charge in [0.15, 0.2) is 0 Å². The van der Waals surface area contributed by atoms with Gasteiger partial charge in [-0.2, -0.15) is 0 Å². The van der Waals surface area contributed by atoms with Crippen molar-refractivity contribution < 1.29 is 38.6 Å². The molecule has 2 atom stereocenters. The van der Waals surface area contributed by atoms with Crippen LogP contribution in [-0.4, -0.2) is 54.0 Å². The van der Waals surface area contributed by atoms with Gasteiger partial charge in [-0.1, -0.05) is 0 Å². The summed E-state index contributed by atoms with van der Waals surface area (Å²) in [6.07, 6.45) is -3.52. The molecule has 0 aliphatic rings. The molecule has 9 heteroatoms. The van der Waals surface area contributed by atoms with Crippen molar-refractivity contribution in [1.82, 2.24) is 5.32 Å². The molecular formula is C10H13NO8. The molecule has 2 N–H and O–H groups in total. The van der Waals surface area contributed by atoms with Crippen LogP contribution >= 0.6 is 0 Å². The van der Waals surface area contributed by atoms with Crippen LogP contribution in [0.15, 0.2) is 0 Å². The van der Waals surface area contributed by atoms with Crippen LogP contribution in [0.3, 0.4) is 0 Å². The van der Waals surface area contributed by atoms with Crippen molar-refractivity contribution in [3.8, 4) is 0 Å². The number of aliphatic carboxylic acids is 1. The molecule has 0 heterocycles. The molecular weight excluding hydrogens is 262 g/mol. The van der Waals surface area contributed by atoms with Crippen molar-refractivity contribution in [1.29, 1.82) is 0 Å². The van der Waals surface area contributed by atoms with E-state index in [2.05, 4.69) is 9.47 Å². The Morgan fingerprint density at radius 1 is 1.11 bits per heavy atom. The average Bonchev–Trinajstić information content (AvgIpc) is 2.29. The van der Waals surface area contributed by atoms with Gasteiger partial charge in [0.2, 0.25) is 12.2 Å². The maximum absolute atomic E-state index is 11.6. The summed E-state index contributed by atoms with van der Waals surface area (Å²) in [7, 11) is 0. The van der Waals surface area contributed by atoms with Gasteiger partial charge in [-0.3, -0.25) is 14.4 Å². The summed E-state index contributed by atoms with van der Waals surface area (Å²) in [5.74, 6) is -4.63. The number of nitrogens with one attached hydrogen (secondary N) is 1. The largest absolute Gasteiger partial charge is 0.478 e. The molecule has 0 aromatic heterocycles. The average molecular weight is 275 g/mol. The van der Waals surface area contributed by atoms with Gasteiger partial charge >= 0.3 is 17.9 Å². The van der Waals surface area contributed by atoms with Crippen LogP contribution in [0, 0.1) is 0 Å². The Balaban J connectivity index is 5.09. The summed E-state index contributed by atoms with van der Waals surface area (Å²) in [4.78, 5) is 54.2. The van der Waals surface area contributed by atoms with Crippen LogP contribution in [0.1, 0.15) is 13.8 Å². The molecule has 0 rings (SSSR count). The number of hydrogen-bond acceptors (Lipinski definition) is 7. The Kier molecular flexibility index (Phi) is 6.79. The summed E-state index contributed by atoms with van der Waals surface area (Å²) in [5.41, 5.74) is 0. The van der Waals surface area contributed by atoms with Crippen molar-refractivity contribution in [2.24, 2.45) is 0 Å². The molecule has 0 fully saturated rings. The van der Waals surface area contributed by atoms with Gasteiger partial charge in [-0.25, -0.2) is 4.79 Å². The Hall–Kier alpha value is -2.45. The zero-order chi connectivity index (χ0) is 15.0. The van der Waals surface area contributed by atoms with Gasteiger partial charge < -0.3 is 24.7 Å². The van der Waals surface area contributed by atoms with Gasteiger partial charge in [0.05, 0.1) is 6.54 Å². The van der Waals surface area contributed by atoms with E-state index in [-0.39, 0.29) is 0 Å². The normalized spacial score (nSPS) is 12.7. The van der Waals surface area contributed by atoms with E-state index >= 15 is 0 Å². The predicted octanol–water partition coefficient (Wildman–Crippen LogP) is -1.75. The van der Waals surface area contributed by atoms with Crippen molar-refractivity contribution in [2.45, 2.75) is 26.1 Å². The number of rotatable bonds is 7. The van der Waals surface area contributed by atoms with Crippen LogP contribution in [0.4, 0.5) is 0 Å². The maximum atomic E-state index is 11.6. The quantitative estimate of drug-likeness (QED) is 0.412. The lowest BCUT2D eigenvalue weighted by molar-refractivity contribution is -0.180. The molecule has 19 heavy (non-hydrogen) atoms. The second kappa shape index (κ2) is 7.80. The molecule has 0 aliphatic carbocycles. The number of aldehydes is 1. The molecule has 1 amide bonds. The highest BCUT2D eigenvalue weighted by molar-refractivity contribution is 5.91. The van der Waals surface area contributed by atoms with E-state index in [1.807, 2.05) is 5.32 Å². The highest BCUT2D eigenvalue weighted by atomic mass is 16.6. The Morgan fingerprint density at radius 2 is 1.58 bits per heavy atom. The summed E-state index contributed by atoms with van der Waals surface area (Å²) in [5, 5.41) is 10.9. The molecule has 106 valence electrons. The third-order valence-corrected chi connectivity index (χ3v) is 1.72. The number of esters is 2. The van der Waals surface area contributed by atoms with Crippen molar-refractivity contribution in [2.75, 3.05) is 6.54 Å². The third kappa shape index (κ3) is 6.15. The zero-order valence-corrected chi connectivity index (χ0v) is 10.2. The monoisotopic (exact) mass is 275 g/mol. The summed E-state index contributed by atoms with van der Waals surface area (Å²) in [6, 6.07) is 0. The van der Waals surface area contributed by atoms with Crippen molar-refractivity contribution in [3.05, 3.63) is 0 Å². The molecule has 0 radical (unpaired) electrons. The van der Waals surface area contributed by atoms with Crippen LogP contribution in [0.25, 0.3) is 0 Å². The molecule has 0 spiro atoms. The number of carbonyl (C=O) groups is 5. The Bertz CT molecular complexity index is 391. The Morgan fingerprint density at radius 3 is 1.95 bits per heavy atom. The molecule has 0 saturated heterocycles. The van der Waals surface area contributed by atoms with E-state index in [0.717, 1.165) is 13.8 Å². The number of amides is 1. The SMILES string of the molecule is CC(=O)OC(C(=O)O)C(OC(C)=O)C(=O)NCC=O. The maximum Gasteiger partial charge on any atom is 0.349 e. The lowest BCUT2D eigenvalue weighted by atomic mass is 10.2. The molecule has 2 unspecified atom stereocenters. The van der Waals surface area contributed by atoms with Gasteiger partial charge in [0, 0.05) is 13.8 Å². The highest BCUT2D eigenvalue weighted by Crippen LogP contribution is 2.07. The first-order chi connectivity index (χ1) is 8.79. The van der Waals surface area contributed by atoms with Gasteiger partial charge in [-0.05, 0) is 0 Å². The Labute approximate surface area is 107 Å². The van der Waals surface area contributed by atoms with Crippen molar-refractivity contribution in [3.63, 3.8) is 0 Å². The summed E-state index contributed by atoms with van der Waals surface area (Å²) >= 11 is 0. The predicted molar refractivity (Wildman–Crippen MR) is 57.8 cm³/mol. The first kappa shape index (κ1) is 16.6. The minimum absolute atomic E-state index is 0.352. The minimum Gasteiger partial charge on any atom is -0.478 e. The molecule has 0 aromatic carbocycles. The topological polar surface area (TPSA) is 136 Å². The smallest absolute Gasteiger partial charge is 0.349 e.